The lowest BCUT2D eigenvalue weighted by molar-refractivity contribution is 0.0950. The first-order chi connectivity index (χ1) is 14.2. The molecule has 1 aromatic heterocycles. The number of likely N-dealkylation sites (tertiary alicyclic amines) is 1. The molecule has 2 heterocycles. The molecule has 0 unspecified atom stereocenters. The monoisotopic (exact) mass is 388 g/mol. The fraction of sp³-hybridized carbons (Fsp3) is 0.333. The average Bonchev–Trinajstić information content (AvgIpc) is 3.40. The summed E-state index contributed by atoms with van der Waals surface area (Å²) in [5, 5.41) is 3.08. The van der Waals surface area contributed by atoms with Crippen LogP contribution in [0, 0.1) is 6.92 Å². The van der Waals surface area contributed by atoms with Crippen molar-refractivity contribution in [3.8, 4) is 0 Å². The van der Waals surface area contributed by atoms with Crippen LogP contribution in [0.4, 0.5) is 0 Å². The van der Waals surface area contributed by atoms with Crippen molar-refractivity contribution in [3.05, 3.63) is 89.0 Å². The lowest BCUT2D eigenvalue weighted by Gasteiger charge is -2.17. The maximum Gasteiger partial charge on any atom is 0.251 e. The third kappa shape index (κ3) is 4.93. The Kier molecular flexibility index (Phi) is 6.06. The van der Waals surface area contributed by atoms with Gasteiger partial charge in [-0.2, -0.15) is 0 Å². The third-order valence-electron chi connectivity index (χ3n) is 5.64. The Morgan fingerprint density at radius 2 is 1.72 bits per heavy atom. The van der Waals surface area contributed by atoms with E-state index >= 15 is 0 Å². The normalized spacial score (nSPS) is 14.2. The number of aryl methyl sites for hydroxylation is 1. The molecular formula is C24H28N4O. The van der Waals surface area contributed by atoms with Gasteiger partial charge in [0, 0.05) is 37.6 Å². The van der Waals surface area contributed by atoms with Crippen LogP contribution < -0.4 is 5.32 Å². The number of hydrogen-bond donors (Lipinski definition) is 1. The van der Waals surface area contributed by atoms with E-state index in [0.717, 1.165) is 24.5 Å². The Bertz CT molecular complexity index is 955. The smallest absolute Gasteiger partial charge is 0.251 e. The van der Waals surface area contributed by atoms with E-state index < -0.39 is 0 Å². The van der Waals surface area contributed by atoms with E-state index in [1.54, 1.807) is 6.20 Å². The largest absolute Gasteiger partial charge is 0.348 e. The predicted molar refractivity (Wildman–Crippen MR) is 115 cm³/mol. The molecule has 4 rings (SSSR count). The fourth-order valence-corrected chi connectivity index (χ4v) is 3.87. The standard InChI is InChI=1S/C24H28N4O/c1-19-25-12-15-28(19)17-20-8-10-21(11-9-20)24(29)26-16-22-6-2-3-7-23(22)18-27-13-4-5-14-27/h2-3,6-12,15H,4-5,13-14,16-18H2,1H3,(H,26,29). The van der Waals surface area contributed by atoms with Crippen molar-refractivity contribution in [1.82, 2.24) is 19.8 Å². The molecule has 1 N–H and O–H groups in total. The molecule has 3 aromatic rings. The van der Waals surface area contributed by atoms with Crippen LogP contribution in [0.1, 0.15) is 45.7 Å². The highest BCUT2D eigenvalue weighted by molar-refractivity contribution is 5.94. The number of imidazole rings is 1. The van der Waals surface area contributed by atoms with E-state index in [2.05, 4.69) is 38.0 Å². The Morgan fingerprint density at radius 3 is 2.41 bits per heavy atom. The van der Waals surface area contributed by atoms with Gasteiger partial charge in [0.05, 0.1) is 0 Å². The number of nitrogens with one attached hydrogen (secondary N) is 1. The number of aromatic nitrogens is 2. The van der Waals surface area contributed by atoms with Crippen LogP contribution in [0.5, 0.6) is 0 Å². The zero-order valence-corrected chi connectivity index (χ0v) is 17.0. The molecule has 29 heavy (non-hydrogen) atoms. The molecule has 1 aliphatic heterocycles. The Hall–Kier alpha value is -2.92. The highest BCUT2D eigenvalue weighted by Gasteiger charge is 2.14. The minimum Gasteiger partial charge on any atom is -0.348 e. The zero-order valence-electron chi connectivity index (χ0n) is 17.0. The first-order valence-electron chi connectivity index (χ1n) is 10.3. The number of carbonyl (C=O) groups is 1. The number of rotatable bonds is 7. The summed E-state index contributed by atoms with van der Waals surface area (Å²) in [7, 11) is 0. The van der Waals surface area contributed by atoms with Crippen LogP contribution in [-0.4, -0.2) is 33.4 Å². The summed E-state index contributed by atoms with van der Waals surface area (Å²) in [6.07, 6.45) is 6.35. The number of carbonyl (C=O) groups excluding carboxylic acids is 1. The van der Waals surface area contributed by atoms with Gasteiger partial charge in [-0.3, -0.25) is 9.69 Å². The van der Waals surface area contributed by atoms with Gasteiger partial charge < -0.3 is 9.88 Å². The maximum absolute atomic E-state index is 12.6. The predicted octanol–water partition coefficient (Wildman–Crippen LogP) is 3.77. The minimum atomic E-state index is -0.0358. The molecule has 1 saturated heterocycles. The molecule has 5 nitrogen and oxygen atoms in total. The van der Waals surface area contributed by atoms with Crippen molar-refractivity contribution in [1.29, 1.82) is 0 Å². The molecular weight excluding hydrogens is 360 g/mol. The van der Waals surface area contributed by atoms with Gasteiger partial charge in [-0.15, -0.1) is 0 Å². The van der Waals surface area contributed by atoms with Crippen LogP contribution in [0.3, 0.4) is 0 Å². The van der Waals surface area contributed by atoms with Crippen molar-refractivity contribution in [2.45, 2.75) is 39.4 Å². The average molecular weight is 389 g/mol. The number of hydrogen-bond acceptors (Lipinski definition) is 3. The summed E-state index contributed by atoms with van der Waals surface area (Å²) in [6.45, 7) is 6.62. The lowest BCUT2D eigenvalue weighted by Crippen LogP contribution is -2.25. The van der Waals surface area contributed by atoms with E-state index in [1.807, 2.05) is 43.5 Å². The van der Waals surface area contributed by atoms with Crippen molar-refractivity contribution >= 4 is 5.91 Å². The lowest BCUT2D eigenvalue weighted by atomic mass is 10.1. The number of amides is 1. The van der Waals surface area contributed by atoms with Crippen molar-refractivity contribution in [3.63, 3.8) is 0 Å². The molecule has 2 aromatic carbocycles. The third-order valence-corrected chi connectivity index (χ3v) is 5.64. The molecule has 150 valence electrons. The van der Waals surface area contributed by atoms with Crippen LogP contribution in [0.15, 0.2) is 60.9 Å². The van der Waals surface area contributed by atoms with Crippen molar-refractivity contribution < 1.29 is 4.79 Å². The maximum atomic E-state index is 12.6. The fourth-order valence-electron chi connectivity index (χ4n) is 3.87. The van der Waals surface area contributed by atoms with E-state index in [0.29, 0.717) is 12.1 Å². The second kappa shape index (κ2) is 9.05. The zero-order chi connectivity index (χ0) is 20.1. The van der Waals surface area contributed by atoms with E-state index in [1.165, 1.54) is 37.1 Å². The molecule has 0 bridgehead atoms. The summed E-state index contributed by atoms with van der Waals surface area (Å²) in [5.74, 6) is 0.950. The second-order valence-corrected chi connectivity index (χ2v) is 7.73. The van der Waals surface area contributed by atoms with Crippen molar-refractivity contribution in [2.24, 2.45) is 0 Å². The highest BCUT2D eigenvalue weighted by atomic mass is 16.1. The summed E-state index contributed by atoms with van der Waals surface area (Å²) >= 11 is 0. The van der Waals surface area contributed by atoms with Gasteiger partial charge in [0.2, 0.25) is 0 Å². The first kappa shape index (κ1) is 19.4. The van der Waals surface area contributed by atoms with Gasteiger partial charge in [-0.1, -0.05) is 36.4 Å². The van der Waals surface area contributed by atoms with Crippen LogP contribution >= 0.6 is 0 Å². The van der Waals surface area contributed by atoms with Gasteiger partial charge in [-0.05, 0) is 61.7 Å². The topological polar surface area (TPSA) is 50.2 Å². The molecule has 0 saturated carbocycles. The van der Waals surface area contributed by atoms with Crippen LogP contribution in [0.2, 0.25) is 0 Å². The molecule has 1 aliphatic rings. The molecule has 0 atom stereocenters. The van der Waals surface area contributed by atoms with Gasteiger partial charge in [0.25, 0.3) is 5.91 Å². The Labute approximate surface area is 172 Å². The van der Waals surface area contributed by atoms with Gasteiger partial charge >= 0.3 is 0 Å². The molecule has 1 amide bonds. The molecule has 0 spiro atoms. The summed E-state index contributed by atoms with van der Waals surface area (Å²) in [5.41, 5.74) is 4.34. The summed E-state index contributed by atoms with van der Waals surface area (Å²) in [4.78, 5) is 19.4. The summed E-state index contributed by atoms with van der Waals surface area (Å²) < 4.78 is 2.09. The molecule has 5 heteroatoms. The minimum absolute atomic E-state index is 0.0358. The number of benzene rings is 2. The van der Waals surface area contributed by atoms with Gasteiger partial charge in [-0.25, -0.2) is 4.98 Å². The number of nitrogens with zero attached hydrogens (tertiary/aromatic N) is 3. The highest BCUT2D eigenvalue weighted by Crippen LogP contribution is 2.16. The van der Waals surface area contributed by atoms with Crippen LogP contribution in [0.25, 0.3) is 0 Å². The summed E-state index contributed by atoms with van der Waals surface area (Å²) in [6, 6.07) is 16.2. The van der Waals surface area contributed by atoms with Gasteiger partial charge in [0.15, 0.2) is 0 Å². The Balaban J connectivity index is 1.35. The van der Waals surface area contributed by atoms with Crippen molar-refractivity contribution in [2.75, 3.05) is 13.1 Å². The van der Waals surface area contributed by atoms with Crippen LogP contribution in [-0.2, 0) is 19.6 Å². The Morgan fingerprint density at radius 1 is 1.00 bits per heavy atom. The van der Waals surface area contributed by atoms with E-state index in [-0.39, 0.29) is 5.91 Å². The SMILES string of the molecule is Cc1nccn1Cc1ccc(C(=O)NCc2ccccc2CN2CCCC2)cc1. The quantitative estimate of drug-likeness (QED) is 0.670. The first-order valence-corrected chi connectivity index (χ1v) is 10.3. The second-order valence-electron chi connectivity index (χ2n) is 7.73. The van der Waals surface area contributed by atoms with E-state index in [4.69, 9.17) is 0 Å². The van der Waals surface area contributed by atoms with Gasteiger partial charge in [0.1, 0.15) is 5.82 Å². The van der Waals surface area contributed by atoms with E-state index in [9.17, 15) is 4.79 Å². The molecule has 1 fully saturated rings. The molecule has 0 radical (unpaired) electrons. The molecule has 0 aliphatic carbocycles.